The Kier molecular flexibility index (Phi) is 6.14. The Morgan fingerprint density at radius 2 is 1.93 bits per heavy atom. The average molecular weight is 430 g/mol. The lowest BCUT2D eigenvalue weighted by molar-refractivity contribution is 0.100. The predicted molar refractivity (Wildman–Crippen MR) is 119 cm³/mol. The van der Waals surface area contributed by atoms with Crippen LogP contribution < -0.4 is 21.3 Å². The highest BCUT2D eigenvalue weighted by Crippen LogP contribution is 2.27. The molecule has 2 aliphatic rings. The van der Waals surface area contributed by atoms with Crippen molar-refractivity contribution in [2.45, 2.75) is 25.3 Å². The van der Waals surface area contributed by atoms with Gasteiger partial charge in [0.1, 0.15) is 5.82 Å². The van der Waals surface area contributed by atoms with Gasteiger partial charge in [-0.2, -0.15) is 4.98 Å². The second kappa shape index (κ2) is 8.97. The van der Waals surface area contributed by atoms with Gasteiger partial charge in [-0.1, -0.05) is 0 Å². The molecule has 1 aromatic heterocycles. The molecule has 2 heterocycles. The molecule has 30 heavy (non-hydrogen) atoms. The van der Waals surface area contributed by atoms with Crippen LogP contribution in [0.5, 0.6) is 0 Å². The molecule has 1 atom stereocenters. The number of anilines is 4. The van der Waals surface area contributed by atoms with Crippen LogP contribution in [0.1, 0.15) is 29.6 Å². The molecule has 0 radical (unpaired) electrons. The van der Waals surface area contributed by atoms with E-state index < -0.39 is 16.9 Å². The van der Waals surface area contributed by atoms with Gasteiger partial charge in [-0.25, -0.2) is 13.5 Å². The van der Waals surface area contributed by atoms with E-state index in [0.717, 1.165) is 56.8 Å². The second-order valence-electron chi connectivity index (χ2n) is 7.60. The van der Waals surface area contributed by atoms with Crippen LogP contribution in [0.4, 0.5) is 23.1 Å². The lowest BCUT2D eigenvalue weighted by Crippen LogP contribution is -2.31. The van der Waals surface area contributed by atoms with Crippen molar-refractivity contribution in [1.82, 2.24) is 14.3 Å². The fourth-order valence-electron chi connectivity index (χ4n) is 3.45. The van der Waals surface area contributed by atoms with Crippen LogP contribution in [0.2, 0.25) is 0 Å². The molecule has 2 aromatic rings. The zero-order valence-corrected chi connectivity index (χ0v) is 17.8. The summed E-state index contributed by atoms with van der Waals surface area (Å²) in [5.74, 6) is 0.338. The van der Waals surface area contributed by atoms with Crippen molar-refractivity contribution in [3.63, 3.8) is 0 Å². The minimum atomic E-state index is -0.919. The van der Waals surface area contributed by atoms with Crippen molar-refractivity contribution < 1.29 is 9.00 Å². The molecule has 9 nitrogen and oxygen atoms in total. The van der Waals surface area contributed by atoms with Gasteiger partial charge < -0.3 is 21.3 Å². The number of carbonyl (C=O) groups excluding carboxylic acids is 1. The SMILES string of the molecule is CS(=O)N1CCCN(c2ccc(Nc3ncc(C(N)=O)c(NC4CC4)n3)cc2)CC1. The summed E-state index contributed by atoms with van der Waals surface area (Å²) in [6.07, 6.45) is 6.30. The van der Waals surface area contributed by atoms with Gasteiger partial charge in [0.2, 0.25) is 5.95 Å². The van der Waals surface area contributed by atoms with E-state index in [4.69, 9.17) is 5.73 Å². The normalized spacial score (nSPS) is 18.5. The molecule has 1 unspecified atom stereocenters. The van der Waals surface area contributed by atoms with Gasteiger partial charge in [0, 0.05) is 56.0 Å². The summed E-state index contributed by atoms with van der Waals surface area (Å²) in [5, 5.41) is 6.42. The maximum Gasteiger partial charge on any atom is 0.254 e. The van der Waals surface area contributed by atoms with Crippen LogP contribution in [0.3, 0.4) is 0 Å². The zero-order valence-electron chi connectivity index (χ0n) is 17.0. The van der Waals surface area contributed by atoms with Gasteiger partial charge in [0.05, 0.1) is 16.5 Å². The minimum Gasteiger partial charge on any atom is -0.370 e. The Labute approximate surface area is 178 Å². The first-order valence-corrected chi connectivity index (χ1v) is 11.6. The van der Waals surface area contributed by atoms with E-state index in [2.05, 4.69) is 37.6 Å². The molecule has 1 saturated heterocycles. The van der Waals surface area contributed by atoms with E-state index >= 15 is 0 Å². The van der Waals surface area contributed by atoms with Crippen molar-refractivity contribution in [1.29, 1.82) is 0 Å². The van der Waals surface area contributed by atoms with E-state index in [1.165, 1.54) is 6.20 Å². The molecule has 10 heteroatoms. The first kappa shape index (κ1) is 20.5. The van der Waals surface area contributed by atoms with Crippen LogP contribution in [-0.4, -0.2) is 62.9 Å². The number of aromatic nitrogens is 2. The van der Waals surface area contributed by atoms with E-state index in [-0.39, 0.29) is 0 Å². The smallest absolute Gasteiger partial charge is 0.254 e. The number of hydrogen-bond donors (Lipinski definition) is 3. The molecule has 1 aliphatic carbocycles. The maximum atomic E-state index is 11.7. The Hall–Kier alpha value is -2.72. The summed E-state index contributed by atoms with van der Waals surface area (Å²) in [7, 11) is -0.919. The Balaban J connectivity index is 1.43. The highest BCUT2D eigenvalue weighted by Gasteiger charge is 2.24. The van der Waals surface area contributed by atoms with Crippen LogP contribution >= 0.6 is 0 Å². The Morgan fingerprint density at radius 1 is 1.17 bits per heavy atom. The average Bonchev–Trinajstić information content (AvgIpc) is 3.55. The summed E-state index contributed by atoms with van der Waals surface area (Å²) in [6.45, 7) is 3.43. The van der Waals surface area contributed by atoms with Crippen molar-refractivity contribution >= 4 is 40.0 Å². The second-order valence-corrected chi connectivity index (χ2v) is 8.97. The Bertz CT molecular complexity index is 933. The molecule has 1 aliphatic heterocycles. The summed E-state index contributed by atoms with van der Waals surface area (Å²) in [4.78, 5) is 22.6. The molecule has 1 aromatic carbocycles. The number of rotatable bonds is 7. The monoisotopic (exact) mass is 429 g/mol. The minimum absolute atomic E-state index is 0.297. The highest BCUT2D eigenvalue weighted by molar-refractivity contribution is 7.81. The van der Waals surface area contributed by atoms with Gasteiger partial charge in [-0.3, -0.25) is 4.79 Å². The molecular weight excluding hydrogens is 402 g/mol. The number of primary amides is 1. The molecule has 0 bridgehead atoms. The van der Waals surface area contributed by atoms with Crippen molar-refractivity contribution in [2.24, 2.45) is 5.73 Å². The van der Waals surface area contributed by atoms with Gasteiger partial charge in [0.25, 0.3) is 5.91 Å². The molecule has 2 fully saturated rings. The van der Waals surface area contributed by atoms with Crippen LogP contribution in [0.25, 0.3) is 0 Å². The highest BCUT2D eigenvalue weighted by atomic mass is 32.2. The van der Waals surface area contributed by atoms with Crippen molar-refractivity contribution in [2.75, 3.05) is 48.0 Å². The third kappa shape index (κ3) is 5.06. The lowest BCUT2D eigenvalue weighted by atomic mass is 10.2. The van der Waals surface area contributed by atoms with Gasteiger partial charge in [0.15, 0.2) is 0 Å². The number of hydrogen-bond acceptors (Lipinski definition) is 7. The third-order valence-electron chi connectivity index (χ3n) is 5.28. The molecular formula is C20H27N7O2S. The lowest BCUT2D eigenvalue weighted by Gasteiger charge is -2.23. The number of nitrogens with one attached hydrogen (secondary N) is 2. The topological polar surface area (TPSA) is 116 Å². The standard InChI is InChI=1S/C20H27N7O2S/c1-30(29)27-10-2-9-26(11-12-27)16-7-5-15(6-8-16)24-20-22-13-17(18(21)28)19(25-20)23-14-3-4-14/h5-8,13-14H,2-4,9-12H2,1H3,(H2,21,28)(H2,22,23,24,25). The number of carbonyl (C=O) groups is 1. The molecule has 4 N–H and O–H groups in total. The summed E-state index contributed by atoms with van der Waals surface area (Å²) < 4.78 is 13.7. The number of benzene rings is 1. The van der Waals surface area contributed by atoms with E-state index in [9.17, 15) is 9.00 Å². The first-order valence-electron chi connectivity index (χ1n) is 10.1. The fourth-order valence-corrected chi connectivity index (χ4v) is 4.17. The first-order chi connectivity index (χ1) is 14.5. The van der Waals surface area contributed by atoms with Crippen LogP contribution in [0, 0.1) is 0 Å². The number of nitrogens with two attached hydrogens (primary N) is 1. The molecule has 1 saturated carbocycles. The van der Waals surface area contributed by atoms with Gasteiger partial charge >= 0.3 is 0 Å². The predicted octanol–water partition coefficient (Wildman–Crippen LogP) is 1.70. The van der Waals surface area contributed by atoms with Gasteiger partial charge in [-0.15, -0.1) is 0 Å². The third-order valence-corrected chi connectivity index (χ3v) is 6.37. The molecule has 1 amide bonds. The van der Waals surface area contributed by atoms with Crippen molar-refractivity contribution in [3.05, 3.63) is 36.0 Å². The number of nitrogens with zero attached hydrogens (tertiary/aromatic N) is 4. The van der Waals surface area contributed by atoms with Gasteiger partial charge in [-0.05, 0) is 43.5 Å². The summed E-state index contributed by atoms with van der Waals surface area (Å²) in [5.41, 5.74) is 7.72. The molecule has 4 rings (SSSR count). The largest absolute Gasteiger partial charge is 0.370 e. The van der Waals surface area contributed by atoms with E-state index in [1.807, 2.05) is 16.4 Å². The molecule has 160 valence electrons. The van der Waals surface area contributed by atoms with E-state index in [1.54, 1.807) is 6.26 Å². The summed E-state index contributed by atoms with van der Waals surface area (Å²) in [6, 6.07) is 8.43. The van der Waals surface area contributed by atoms with Crippen molar-refractivity contribution in [3.8, 4) is 0 Å². The molecule has 0 spiro atoms. The van der Waals surface area contributed by atoms with E-state index in [0.29, 0.717) is 23.4 Å². The Morgan fingerprint density at radius 3 is 2.60 bits per heavy atom. The number of amides is 1. The fraction of sp³-hybridized carbons (Fsp3) is 0.450. The quantitative estimate of drug-likeness (QED) is 0.613. The summed E-state index contributed by atoms with van der Waals surface area (Å²) >= 11 is 0. The van der Waals surface area contributed by atoms with Crippen LogP contribution in [0.15, 0.2) is 30.5 Å². The maximum absolute atomic E-state index is 11.7. The zero-order chi connectivity index (χ0) is 21.1. The van der Waals surface area contributed by atoms with Crippen LogP contribution in [-0.2, 0) is 11.0 Å².